The molecule has 1 saturated heterocycles. The zero-order chi connectivity index (χ0) is 9.97. The van der Waals surface area contributed by atoms with Gasteiger partial charge in [0.05, 0.1) is 5.69 Å². The van der Waals surface area contributed by atoms with E-state index in [-0.39, 0.29) is 0 Å². The lowest BCUT2D eigenvalue weighted by molar-refractivity contribution is 0.602. The number of anilines is 1. The van der Waals surface area contributed by atoms with Crippen LogP contribution in [0.1, 0.15) is 12.1 Å². The zero-order valence-corrected chi connectivity index (χ0v) is 8.48. The Kier molecular flexibility index (Phi) is 2.63. The molecule has 2 heterocycles. The summed E-state index contributed by atoms with van der Waals surface area (Å²) in [6.07, 6.45) is 1.17. The van der Waals surface area contributed by atoms with Gasteiger partial charge in [0.1, 0.15) is 0 Å². The molecule has 76 valence electrons. The van der Waals surface area contributed by atoms with Crippen molar-refractivity contribution >= 4 is 5.82 Å². The summed E-state index contributed by atoms with van der Waals surface area (Å²) in [6.45, 7) is 4.80. The molecular formula is C10H16N4. The highest BCUT2D eigenvalue weighted by Crippen LogP contribution is 2.20. The third-order valence-electron chi connectivity index (χ3n) is 2.73. The van der Waals surface area contributed by atoms with Crippen LogP contribution >= 0.6 is 0 Å². The Bertz CT molecular complexity index is 295. The SMILES string of the molecule is Cc1ccc(N2CC[C@@H](CN)C2)nn1. The van der Waals surface area contributed by atoms with Crippen LogP contribution in [0.4, 0.5) is 5.82 Å². The molecule has 0 amide bonds. The average Bonchev–Trinajstić information content (AvgIpc) is 2.67. The molecule has 0 saturated carbocycles. The van der Waals surface area contributed by atoms with E-state index in [4.69, 9.17) is 5.73 Å². The average molecular weight is 192 g/mol. The van der Waals surface area contributed by atoms with Crippen LogP contribution in [0.15, 0.2) is 12.1 Å². The largest absolute Gasteiger partial charge is 0.355 e. The molecule has 2 rings (SSSR count). The molecule has 4 heteroatoms. The molecule has 0 aliphatic carbocycles. The van der Waals surface area contributed by atoms with Crippen molar-refractivity contribution in [3.8, 4) is 0 Å². The first-order valence-corrected chi connectivity index (χ1v) is 5.05. The van der Waals surface area contributed by atoms with Gasteiger partial charge >= 0.3 is 0 Å². The van der Waals surface area contributed by atoms with E-state index in [0.717, 1.165) is 31.1 Å². The molecule has 1 aromatic rings. The predicted octanol–water partition coefficient (Wildman–Crippen LogP) is 0.570. The molecule has 4 nitrogen and oxygen atoms in total. The van der Waals surface area contributed by atoms with Gasteiger partial charge in [-0.1, -0.05) is 0 Å². The second-order valence-corrected chi connectivity index (χ2v) is 3.87. The van der Waals surface area contributed by atoms with Gasteiger partial charge in [0.2, 0.25) is 0 Å². The maximum atomic E-state index is 5.64. The molecule has 0 spiro atoms. The molecule has 0 aromatic carbocycles. The normalized spacial score (nSPS) is 21.6. The molecule has 1 fully saturated rings. The second kappa shape index (κ2) is 3.92. The lowest BCUT2D eigenvalue weighted by atomic mass is 10.1. The van der Waals surface area contributed by atoms with Gasteiger partial charge in [-0.25, -0.2) is 0 Å². The second-order valence-electron chi connectivity index (χ2n) is 3.87. The predicted molar refractivity (Wildman–Crippen MR) is 56.1 cm³/mol. The first-order valence-electron chi connectivity index (χ1n) is 5.05. The highest BCUT2D eigenvalue weighted by Gasteiger charge is 2.22. The molecule has 1 aromatic heterocycles. The van der Waals surface area contributed by atoms with Crippen molar-refractivity contribution in [2.75, 3.05) is 24.5 Å². The molecule has 0 bridgehead atoms. The van der Waals surface area contributed by atoms with Gasteiger partial charge in [0.25, 0.3) is 0 Å². The summed E-state index contributed by atoms with van der Waals surface area (Å²) in [5.41, 5.74) is 6.60. The lowest BCUT2D eigenvalue weighted by Crippen LogP contribution is -2.23. The fourth-order valence-corrected chi connectivity index (χ4v) is 1.79. The van der Waals surface area contributed by atoms with Crippen molar-refractivity contribution in [2.45, 2.75) is 13.3 Å². The van der Waals surface area contributed by atoms with Gasteiger partial charge in [0.15, 0.2) is 5.82 Å². The Balaban J connectivity index is 2.06. The summed E-state index contributed by atoms with van der Waals surface area (Å²) < 4.78 is 0. The maximum absolute atomic E-state index is 5.64. The zero-order valence-electron chi connectivity index (χ0n) is 8.48. The van der Waals surface area contributed by atoms with Crippen LogP contribution in [0.25, 0.3) is 0 Å². The number of aromatic nitrogens is 2. The Morgan fingerprint density at radius 3 is 2.93 bits per heavy atom. The van der Waals surface area contributed by atoms with Gasteiger partial charge in [0, 0.05) is 13.1 Å². The minimum atomic E-state index is 0.623. The van der Waals surface area contributed by atoms with Crippen LogP contribution in [0.5, 0.6) is 0 Å². The molecule has 0 radical (unpaired) electrons. The van der Waals surface area contributed by atoms with Gasteiger partial charge in [-0.3, -0.25) is 0 Å². The molecule has 2 N–H and O–H groups in total. The summed E-state index contributed by atoms with van der Waals surface area (Å²) in [4.78, 5) is 2.25. The van der Waals surface area contributed by atoms with Crippen LogP contribution in [0.3, 0.4) is 0 Å². The van der Waals surface area contributed by atoms with E-state index in [9.17, 15) is 0 Å². The highest BCUT2D eigenvalue weighted by atomic mass is 15.3. The monoisotopic (exact) mass is 192 g/mol. The maximum Gasteiger partial charge on any atom is 0.151 e. The molecule has 14 heavy (non-hydrogen) atoms. The third kappa shape index (κ3) is 1.85. The summed E-state index contributed by atoms with van der Waals surface area (Å²) in [5.74, 6) is 1.60. The topological polar surface area (TPSA) is 55.0 Å². The first kappa shape index (κ1) is 9.40. The number of rotatable bonds is 2. The lowest BCUT2D eigenvalue weighted by Gasteiger charge is -2.16. The smallest absolute Gasteiger partial charge is 0.151 e. The van der Waals surface area contributed by atoms with Crippen LogP contribution < -0.4 is 10.6 Å². The first-order chi connectivity index (χ1) is 6.79. The van der Waals surface area contributed by atoms with Crippen LogP contribution in [0, 0.1) is 12.8 Å². The van der Waals surface area contributed by atoms with E-state index in [2.05, 4.69) is 15.1 Å². The molecular weight excluding hydrogens is 176 g/mol. The Labute approximate surface area is 84.1 Å². The van der Waals surface area contributed by atoms with E-state index in [0.29, 0.717) is 5.92 Å². The van der Waals surface area contributed by atoms with Crippen molar-refractivity contribution < 1.29 is 0 Å². The summed E-state index contributed by atoms with van der Waals surface area (Å²) in [7, 11) is 0. The molecule has 1 aliphatic rings. The summed E-state index contributed by atoms with van der Waals surface area (Å²) >= 11 is 0. The quantitative estimate of drug-likeness (QED) is 0.744. The number of hydrogen-bond acceptors (Lipinski definition) is 4. The van der Waals surface area contributed by atoms with Gasteiger partial charge < -0.3 is 10.6 Å². The van der Waals surface area contributed by atoms with Crippen molar-refractivity contribution in [1.29, 1.82) is 0 Å². The van der Waals surface area contributed by atoms with E-state index >= 15 is 0 Å². The Hall–Kier alpha value is -1.16. The summed E-state index contributed by atoms with van der Waals surface area (Å²) in [6, 6.07) is 4.03. The number of aryl methyl sites for hydroxylation is 1. The van der Waals surface area contributed by atoms with Crippen molar-refractivity contribution in [3.63, 3.8) is 0 Å². The van der Waals surface area contributed by atoms with E-state index in [1.54, 1.807) is 0 Å². The van der Waals surface area contributed by atoms with E-state index < -0.39 is 0 Å². The number of hydrogen-bond donors (Lipinski definition) is 1. The molecule has 1 aliphatic heterocycles. The Morgan fingerprint density at radius 2 is 2.36 bits per heavy atom. The molecule has 1 atom stereocenters. The fourth-order valence-electron chi connectivity index (χ4n) is 1.79. The van der Waals surface area contributed by atoms with E-state index in [1.807, 2.05) is 19.1 Å². The highest BCUT2D eigenvalue weighted by molar-refractivity contribution is 5.38. The summed E-state index contributed by atoms with van der Waals surface area (Å²) in [5, 5.41) is 8.22. The van der Waals surface area contributed by atoms with Gasteiger partial charge in [-0.2, -0.15) is 5.10 Å². The van der Waals surface area contributed by atoms with Gasteiger partial charge in [-0.15, -0.1) is 5.10 Å². The van der Waals surface area contributed by atoms with Crippen molar-refractivity contribution in [1.82, 2.24) is 10.2 Å². The van der Waals surface area contributed by atoms with Crippen LogP contribution in [0.2, 0.25) is 0 Å². The van der Waals surface area contributed by atoms with Crippen molar-refractivity contribution in [3.05, 3.63) is 17.8 Å². The standard InChI is InChI=1S/C10H16N4/c1-8-2-3-10(13-12-8)14-5-4-9(6-11)7-14/h2-3,9H,4-7,11H2,1H3/t9-/m0/s1. The Morgan fingerprint density at radius 1 is 1.50 bits per heavy atom. The van der Waals surface area contributed by atoms with Crippen LogP contribution in [-0.2, 0) is 0 Å². The van der Waals surface area contributed by atoms with E-state index in [1.165, 1.54) is 6.42 Å². The third-order valence-corrected chi connectivity index (χ3v) is 2.73. The van der Waals surface area contributed by atoms with Crippen LogP contribution in [-0.4, -0.2) is 29.8 Å². The number of nitrogens with zero attached hydrogens (tertiary/aromatic N) is 3. The minimum Gasteiger partial charge on any atom is -0.355 e. The number of nitrogens with two attached hydrogens (primary N) is 1. The van der Waals surface area contributed by atoms with Crippen molar-refractivity contribution in [2.24, 2.45) is 11.7 Å². The molecule has 0 unspecified atom stereocenters. The minimum absolute atomic E-state index is 0.623. The van der Waals surface area contributed by atoms with Gasteiger partial charge in [-0.05, 0) is 37.9 Å². The fraction of sp³-hybridized carbons (Fsp3) is 0.600.